The first-order chi connectivity index (χ1) is 24.7. The van der Waals surface area contributed by atoms with E-state index in [-0.39, 0.29) is 34.3 Å². The molecule has 3 aliphatic heterocycles. The van der Waals surface area contributed by atoms with Crippen molar-refractivity contribution in [1.82, 2.24) is 29.8 Å². The molecule has 1 saturated carbocycles. The summed E-state index contributed by atoms with van der Waals surface area (Å²) in [5.41, 5.74) is 7.57. The van der Waals surface area contributed by atoms with Crippen molar-refractivity contribution in [2.45, 2.75) is 70.3 Å². The summed E-state index contributed by atoms with van der Waals surface area (Å²) in [7, 11) is 0. The highest BCUT2D eigenvalue weighted by Crippen LogP contribution is 2.39. The van der Waals surface area contributed by atoms with Gasteiger partial charge in [-0.05, 0) is 74.8 Å². The molecule has 3 N–H and O–H groups in total. The van der Waals surface area contributed by atoms with Crippen LogP contribution in [0.4, 0.5) is 4.39 Å². The number of rotatable bonds is 7. The number of H-pyrrole nitrogens is 1. The molecule has 3 amide bonds. The summed E-state index contributed by atoms with van der Waals surface area (Å²) in [6.45, 7) is 4.86. The van der Waals surface area contributed by atoms with Gasteiger partial charge in [-0.25, -0.2) is 9.49 Å². The highest BCUT2D eigenvalue weighted by Gasteiger charge is 2.42. The van der Waals surface area contributed by atoms with Gasteiger partial charge in [0.1, 0.15) is 5.82 Å². The van der Waals surface area contributed by atoms with Gasteiger partial charge in [-0.3, -0.25) is 24.1 Å². The molecule has 11 nitrogen and oxygen atoms in total. The number of carbonyl (C=O) groups excluding carboxylic acids is 3. The molecule has 1 aromatic heterocycles. The number of benzene rings is 2. The number of nitrogens with two attached hydrogens (primary N) is 1. The lowest BCUT2D eigenvalue weighted by molar-refractivity contribution is -0.141. The van der Waals surface area contributed by atoms with E-state index in [2.05, 4.69) is 15.1 Å². The Bertz CT molecular complexity index is 1810. The number of aromatic nitrogens is 2. The van der Waals surface area contributed by atoms with Crippen molar-refractivity contribution in [3.05, 3.63) is 75.5 Å². The number of halogens is 1. The lowest BCUT2D eigenvalue weighted by atomic mass is 9.73. The highest BCUT2D eigenvalue weighted by atomic mass is 19.1. The summed E-state index contributed by atoms with van der Waals surface area (Å²) < 4.78 is 15.0. The largest absolute Gasteiger partial charge is 0.341 e. The van der Waals surface area contributed by atoms with Gasteiger partial charge in [-0.15, -0.1) is 0 Å². The number of fused-ring (bicyclic) bond motifs is 1. The van der Waals surface area contributed by atoms with E-state index in [1.807, 2.05) is 21.9 Å². The van der Waals surface area contributed by atoms with Crippen LogP contribution < -0.4 is 11.3 Å². The van der Waals surface area contributed by atoms with Crippen molar-refractivity contribution in [3.63, 3.8) is 0 Å². The zero-order valence-electron chi connectivity index (χ0n) is 29.5. The first-order valence-corrected chi connectivity index (χ1v) is 18.8. The van der Waals surface area contributed by atoms with Crippen LogP contribution in [0.1, 0.15) is 79.4 Å². The first kappa shape index (κ1) is 35.3. The number of hydrogen-bond donors (Lipinski definition) is 2. The number of amides is 3. The van der Waals surface area contributed by atoms with Crippen LogP contribution in [0, 0.1) is 17.2 Å². The Balaban J connectivity index is 0.926. The maximum absolute atomic E-state index is 15.0. The van der Waals surface area contributed by atoms with Gasteiger partial charge in [0.25, 0.3) is 11.5 Å². The number of piperidine rings is 2. The molecule has 2 atom stereocenters. The van der Waals surface area contributed by atoms with E-state index in [9.17, 15) is 19.2 Å². The van der Waals surface area contributed by atoms with Crippen molar-refractivity contribution in [1.29, 1.82) is 0 Å². The molecule has 7 rings (SSSR count). The van der Waals surface area contributed by atoms with Gasteiger partial charge >= 0.3 is 0 Å². The summed E-state index contributed by atoms with van der Waals surface area (Å²) in [5.74, 6) is -0.571. The monoisotopic (exact) mass is 699 g/mol. The van der Waals surface area contributed by atoms with Crippen molar-refractivity contribution in [3.8, 4) is 0 Å². The Labute approximate surface area is 298 Å². The second-order valence-corrected chi connectivity index (χ2v) is 15.3. The maximum Gasteiger partial charge on any atom is 0.272 e. The van der Waals surface area contributed by atoms with Crippen LogP contribution in [0.25, 0.3) is 10.8 Å². The Hall–Kier alpha value is -4.16. The van der Waals surface area contributed by atoms with Crippen molar-refractivity contribution in [2.24, 2.45) is 17.1 Å². The predicted molar refractivity (Wildman–Crippen MR) is 193 cm³/mol. The fourth-order valence-electron chi connectivity index (χ4n) is 9.05. The molecular weight excluding hydrogens is 649 g/mol. The summed E-state index contributed by atoms with van der Waals surface area (Å²) >= 11 is 0. The highest BCUT2D eigenvalue weighted by molar-refractivity contribution is 5.95. The van der Waals surface area contributed by atoms with E-state index in [0.717, 1.165) is 71.0 Å². The van der Waals surface area contributed by atoms with Crippen LogP contribution in [-0.2, 0) is 16.0 Å². The normalized spacial score (nSPS) is 22.7. The van der Waals surface area contributed by atoms with Crippen LogP contribution in [0.3, 0.4) is 0 Å². The van der Waals surface area contributed by atoms with E-state index in [0.29, 0.717) is 67.7 Å². The molecule has 0 radical (unpaired) electrons. The molecule has 4 heterocycles. The topological polar surface area (TPSA) is 136 Å². The molecular formula is C39H50FN7O4. The van der Waals surface area contributed by atoms with E-state index in [1.165, 1.54) is 12.5 Å². The molecule has 1 aliphatic carbocycles. The zero-order chi connectivity index (χ0) is 35.5. The predicted octanol–water partition coefficient (Wildman–Crippen LogP) is 3.55. The molecule has 0 bridgehead atoms. The second-order valence-electron chi connectivity index (χ2n) is 15.3. The van der Waals surface area contributed by atoms with Gasteiger partial charge in [0.15, 0.2) is 0 Å². The lowest BCUT2D eigenvalue weighted by Gasteiger charge is -2.49. The van der Waals surface area contributed by atoms with E-state index in [4.69, 9.17) is 5.73 Å². The summed E-state index contributed by atoms with van der Waals surface area (Å²) in [5, 5.41) is 7.99. The molecule has 0 unspecified atom stereocenters. The fraction of sp³-hybridized carbons (Fsp3) is 0.564. The molecule has 4 aliphatic rings. The third-order valence-electron chi connectivity index (χ3n) is 11.8. The fourth-order valence-corrected chi connectivity index (χ4v) is 9.05. The number of likely N-dealkylation sites (tertiary alicyclic amines) is 2. The van der Waals surface area contributed by atoms with E-state index >= 15 is 4.39 Å². The van der Waals surface area contributed by atoms with Gasteiger partial charge in [0, 0.05) is 63.0 Å². The molecule has 3 aromatic rings. The Kier molecular flexibility index (Phi) is 10.5. The third-order valence-corrected chi connectivity index (χ3v) is 11.8. The van der Waals surface area contributed by atoms with Gasteiger partial charge in [0.05, 0.1) is 29.2 Å². The molecule has 272 valence electrons. The SMILES string of the molecule is N[C@@H](C(=O)N1CCC[C@@]2(CCCN(CC(=O)N3CCN(C(=O)c4cc(Cc5n[nH]c(=O)c6ccccc56)ccc4F)CC3)C2)C1)C1CCCCC1. The lowest BCUT2D eigenvalue weighted by Crippen LogP contribution is -2.58. The first-order valence-electron chi connectivity index (χ1n) is 18.8. The Morgan fingerprint density at radius 2 is 1.57 bits per heavy atom. The van der Waals surface area contributed by atoms with Crippen LogP contribution in [0.15, 0.2) is 47.3 Å². The van der Waals surface area contributed by atoms with Crippen molar-refractivity contribution < 1.29 is 18.8 Å². The molecule has 3 saturated heterocycles. The van der Waals surface area contributed by atoms with Gasteiger partial charge in [-0.2, -0.15) is 5.10 Å². The van der Waals surface area contributed by atoms with Crippen LogP contribution in [0.5, 0.6) is 0 Å². The standard InChI is InChI=1S/C39H50FN7O4/c40-32-13-12-27(23-33-29-10-4-5-11-30(29)36(49)43-42-33)22-31(32)37(50)46-20-18-45(19-21-46)34(48)24-44-16-6-14-39(25-44)15-7-17-47(26-39)38(51)35(41)28-8-2-1-3-9-28/h4-5,10-13,22,28,35H,1-3,6-9,14-21,23-26,41H2,(H,43,49)/t35-,39-/m1/s1. The van der Waals surface area contributed by atoms with Gasteiger partial charge in [0.2, 0.25) is 11.8 Å². The van der Waals surface area contributed by atoms with Gasteiger partial charge in [-0.1, -0.05) is 43.5 Å². The van der Waals surface area contributed by atoms with E-state index < -0.39 is 17.8 Å². The molecule has 2 aromatic carbocycles. The minimum atomic E-state index is -0.598. The Morgan fingerprint density at radius 1 is 0.863 bits per heavy atom. The Morgan fingerprint density at radius 3 is 2.33 bits per heavy atom. The molecule has 1 spiro atoms. The average Bonchev–Trinajstić information content (AvgIpc) is 3.16. The summed E-state index contributed by atoms with van der Waals surface area (Å²) in [4.78, 5) is 60.4. The zero-order valence-corrected chi connectivity index (χ0v) is 29.5. The number of carbonyl (C=O) groups is 3. The maximum atomic E-state index is 15.0. The molecule has 12 heteroatoms. The third kappa shape index (κ3) is 7.72. The summed E-state index contributed by atoms with van der Waals surface area (Å²) in [6.07, 6.45) is 10.0. The molecule has 4 fully saturated rings. The smallest absolute Gasteiger partial charge is 0.272 e. The van der Waals surface area contributed by atoms with Crippen LogP contribution >= 0.6 is 0 Å². The van der Waals surface area contributed by atoms with E-state index in [1.54, 1.807) is 29.2 Å². The van der Waals surface area contributed by atoms with Crippen LogP contribution in [0.2, 0.25) is 0 Å². The number of aromatic amines is 1. The minimum absolute atomic E-state index is 0.0106. The van der Waals surface area contributed by atoms with Crippen LogP contribution in [-0.4, -0.2) is 112 Å². The summed E-state index contributed by atoms with van der Waals surface area (Å²) in [6, 6.07) is 11.3. The molecule has 51 heavy (non-hydrogen) atoms. The van der Waals surface area contributed by atoms with Crippen molar-refractivity contribution >= 4 is 28.5 Å². The minimum Gasteiger partial charge on any atom is -0.341 e. The van der Waals surface area contributed by atoms with Crippen molar-refractivity contribution in [2.75, 3.05) is 58.9 Å². The number of piperazine rings is 1. The second kappa shape index (κ2) is 15.2. The number of nitrogens with zero attached hydrogens (tertiary/aromatic N) is 5. The van der Waals surface area contributed by atoms with Gasteiger partial charge < -0.3 is 20.4 Å². The number of hydrogen-bond acceptors (Lipinski definition) is 7. The quantitative estimate of drug-likeness (QED) is 0.385. The number of nitrogens with one attached hydrogen (secondary N) is 1. The average molecular weight is 700 g/mol.